The number of carbonyl (C=O) groups excluding carboxylic acids is 2. The maximum absolute atomic E-state index is 13.3. The molecule has 0 atom stereocenters. The van der Waals surface area contributed by atoms with Crippen LogP contribution in [0, 0.1) is 5.82 Å². The summed E-state index contributed by atoms with van der Waals surface area (Å²) in [7, 11) is 0. The predicted molar refractivity (Wildman–Crippen MR) is 125 cm³/mol. The highest BCUT2D eigenvalue weighted by atomic mass is 19.1. The van der Waals surface area contributed by atoms with Crippen LogP contribution in [0.3, 0.4) is 0 Å². The van der Waals surface area contributed by atoms with Gasteiger partial charge in [0.05, 0.1) is 0 Å². The minimum Gasteiger partial charge on any atom is -0.356 e. The molecule has 0 aliphatic heterocycles. The van der Waals surface area contributed by atoms with E-state index in [4.69, 9.17) is 0 Å². The number of nitrogens with one attached hydrogen (secondary N) is 1. The molecule has 0 saturated carbocycles. The van der Waals surface area contributed by atoms with E-state index in [1.165, 1.54) is 44.2 Å². The van der Waals surface area contributed by atoms with Crippen LogP contribution >= 0.6 is 0 Å². The SMILES string of the molecule is CCCCCCCCCC(=O)NCCCN(C(=O)c1ccccc1)c1ccc(F)cc1. The largest absolute Gasteiger partial charge is 0.356 e. The van der Waals surface area contributed by atoms with Crippen LogP contribution in [0.5, 0.6) is 0 Å². The third kappa shape index (κ3) is 9.33. The van der Waals surface area contributed by atoms with Crippen LogP contribution in [0.4, 0.5) is 10.1 Å². The van der Waals surface area contributed by atoms with Gasteiger partial charge >= 0.3 is 0 Å². The highest BCUT2D eigenvalue weighted by molar-refractivity contribution is 6.06. The van der Waals surface area contributed by atoms with E-state index in [0.29, 0.717) is 37.2 Å². The second-order valence-electron chi connectivity index (χ2n) is 7.87. The number of halogens is 1. The Bertz CT molecular complexity index is 778. The first kappa shape index (κ1) is 24.6. The lowest BCUT2D eigenvalue weighted by atomic mass is 10.1. The quantitative estimate of drug-likeness (QED) is 0.370. The number of amides is 2. The summed E-state index contributed by atoms with van der Waals surface area (Å²) < 4.78 is 13.3. The van der Waals surface area contributed by atoms with Crippen molar-refractivity contribution in [1.82, 2.24) is 5.32 Å². The van der Waals surface area contributed by atoms with Crippen LogP contribution < -0.4 is 10.2 Å². The molecule has 2 aromatic carbocycles. The summed E-state index contributed by atoms with van der Waals surface area (Å²) in [4.78, 5) is 26.7. The topological polar surface area (TPSA) is 49.4 Å². The Kier molecular flexibility index (Phi) is 11.4. The lowest BCUT2D eigenvalue weighted by molar-refractivity contribution is -0.121. The molecule has 0 aromatic heterocycles. The van der Waals surface area contributed by atoms with Crippen LogP contribution in [0.1, 0.15) is 75.1 Å². The zero-order valence-corrected chi connectivity index (χ0v) is 18.6. The van der Waals surface area contributed by atoms with Crippen molar-refractivity contribution in [3.63, 3.8) is 0 Å². The fourth-order valence-corrected chi connectivity index (χ4v) is 3.50. The monoisotopic (exact) mass is 426 g/mol. The summed E-state index contributed by atoms with van der Waals surface area (Å²) in [5, 5.41) is 2.95. The molecule has 4 nitrogen and oxygen atoms in total. The first-order valence-corrected chi connectivity index (χ1v) is 11.5. The van der Waals surface area contributed by atoms with Crippen LogP contribution in [0.25, 0.3) is 0 Å². The van der Waals surface area contributed by atoms with Gasteiger partial charge in [-0.15, -0.1) is 0 Å². The van der Waals surface area contributed by atoms with Crippen molar-refractivity contribution in [2.45, 2.75) is 64.7 Å². The number of unbranched alkanes of at least 4 members (excludes halogenated alkanes) is 6. The molecule has 0 unspecified atom stereocenters. The number of carbonyl (C=O) groups is 2. The highest BCUT2D eigenvalue weighted by Crippen LogP contribution is 2.18. The molecule has 5 heteroatoms. The number of benzene rings is 2. The van der Waals surface area contributed by atoms with Crippen molar-refractivity contribution >= 4 is 17.5 Å². The standard InChI is InChI=1S/C26H35FN2O2/c1-2-3-4-5-6-7-11-15-25(30)28-20-12-21-29(24-18-16-23(27)17-19-24)26(31)22-13-9-8-10-14-22/h8-10,13-14,16-19H,2-7,11-12,15,20-21H2,1H3,(H,28,30). The van der Waals surface area contributed by atoms with Gasteiger partial charge < -0.3 is 10.2 Å². The summed E-state index contributed by atoms with van der Waals surface area (Å²) in [6.07, 6.45) is 9.48. The van der Waals surface area contributed by atoms with Gasteiger partial charge in [-0.05, 0) is 49.2 Å². The Morgan fingerprint density at radius 2 is 1.48 bits per heavy atom. The minimum atomic E-state index is -0.339. The Morgan fingerprint density at radius 3 is 2.16 bits per heavy atom. The molecule has 168 valence electrons. The molecule has 0 aliphatic rings. The summed E-state index contributed by atoms with van der Waals surface area (Å²) in [6.45, 7) is 3.16. The smallest absolute Gasteiger partial charge is 0.258 e. The van der Waals surface area contributed by atoms with Crippen molar-refractivity contribution in [3.8, 4) is 0 Å². The van der Waals surface area contributed by atoms with E-state index in [-0.39, 0.29) is 17.6 Å². The van der Waals surface area contributed by atoms with Crippen LogP contribution in [0.2, 0.25) is 0 Å². The van der Waals surface area contributed by atoms with Gasteiger partial charge in [-0.1, -0.05) is 63.6 Å². The average molecular weight is 427 g/mol. The first-order chi connectivity index (χ1) is 15.1. The number of anilines is 1. The molecule has 2 aromatic rings. The number of rotatable bonds is 14. The Hall–Kier alpha value is -2.69. The van der Waals surface area contributed by atoms with Gasteiger partial charge in [-0.2, -0.15) is 0 Å². The van der Waals surface area contributed by atoms with Crippen molar-refractivity contribution in [2.75, 3.05) is 18.0 Å². The second-order valence-corrected chi connectivity index (χ2v) is 7.87. The Morgan fingerprint density at radius 1 is 0.839 bits per heavy atom. The zero-order valence-electron chi connectivity index (χ0n) is 18.6. The van der Waals surface area contributed by atoms with Gasteiger partial charge in [0.15, 0.2) is 0 Å². The average Bonchev–Trinajstić information content (AvgIpc) is 2.79. The van der Waals surface area contributed by atoms with Gasteiger partial charge in [0.1, 0.15) is 5.82 Å². The molecule has 1 N–H and O–H groups in total. The van der Waals surface area contributed by atoms with Gasteiger partial charge in [0.25, 0.3) is 5.91 Å². The molecule has 31 heavy (non-hydrogen) atoms. The van der Waals surface area contributed by atoms with E-state index >= 15 is 0 Å². The molecular formula is C26H35FN2O2. The van der Waals surface area contributed by atoms with E-state index in [1.807, 2.05) is 18.2 Å². The fourth-order valence-electron chi connectivity index (χ4n) is 3.50. The summed E-state index contributed by atoms with van der Waals surface area (Å²) >= 11 is 0. The molecule has 0 heterocycles. The molecule has 0 radical (unpaired) electrons. The van der Waals surface area contributed by atoms with Crippen LogP contribution in [0.15, 0.2) is 54.6 Å². The van der Waals surface area contributed by atoms with Crippen molar-refractivity contribution in [3.05, 3.63) is 66.0 Å². The Labute approximate surface area is 185 Å². The van der Waals surface area contributed by atoms with Crippen molar-refractivity contribution < 1.29 is 14.0 Å². The van der Waals surface area contributed by atoms with E-state index in [1.54, 1.807) is 29.2 Å². The van der Waals surface area contributed by atoms with Gasteiger partial charge in [-0.25, -0.2) is 4.39 Å². The maximum Gasteiger partial charge on any atom is 0.258 e. The summed E-state index contributed by atoms with van der Waals surface area (Å²) in [6, 6.07) is 14.9. The van der Waals surface area contributed by atoms with E-state index < -0.39 is 0 Å². The first-order valence-electron chi connectivity index (χ1n) is 11.5. The minimum absolute atomic E-state index is 0.0660. The van der Waals surface area contributed by atoms with E-state index in [2.05, 4.69) is 12.2 Å². The highest BCUT2D eigenvalue weighted by Gasteiger charge is 2.17. The molecule has 0 aliphatic carbocycles. The van der Waals surface area contributed by atoms with E-state index in [9.17, 15) is 14.0 Å². The normalized spacial score (nSPS) is 10.6. The van der Waals surface area contributed by atoms with Crippen molar-refractivity contribution in [1.29, 1.82) is 0 Å². The molecule has 2 rings (SSSR count). The third-order valence-electron chi connectivity index (χ3n) is 5.29. The van der Waals surface area contributed by atoms with Gasteiger partial charge in [-0.3, -0.25) is 9.59 Å². The zero-order chi connectivity index (χ0) is 22.3. The number of hydrogen-bond donors (Lipinski definition) is 1. The summed E-state index contributed by atoms with van der Waals surface area (Å²) in [5.41, 5.74) is 1.22. The number of hydrogen-bond acceptors (Lipinski definition) is 2. The second kappa shape index (κ2) is 14.3. The molecular weight excluding hydrogens is 391 g/mol. The van der Waals surface area contributed by atoms with Gasteiger partial charge in [0.2, 0.25) is 5.91 Å². The van der Waals surface area contributed by atoms with Gasteiger partial charge in [0, 0.05) is 30.8 Å². The molecule has 2 amide bonds. The lowest BCUT2D eigenvalue weighted by Crippen LogP contribution is -2.34. The molecule has 0 fully saturated rings. The molecule has 0 saturated heterocycles. The predicted octanol–water partition coefficient (Wildman–Crippen LogP) is 6.12. The Balaban J connectivity index is 1.77. The molecule has 0 bridgehead atoms. The van der Waals surface area contributed by atoms with Crippen LogP contribution in [-0.2, 0) is 4.79 Å². The summed E-state index contributed by atoms with van der Waals surface area (Å²) in [5.74, 6) is -0.411. The number of nitrogens with zero attached hydrogens (tertiary/aromatic N) is 1. The van der Waals surface area contributed by atoms with E-state index in [0.717, 1.165) is 12.8 Å². The lowest BCUT2D eigenvalue weighted by Gasteiger charge is -2.23. The molecule has 0 spiro atoms. The van der Waals surface area contributed by atoms with Crippen molar-refractivity contribution in [2.24, 2.45) is 0 Å². The fraction of sp³-hybridized carbons (Fsp3) is 0.462. The van der Waals surface area contributed by atoms with Crippen LogP contribution in [-0.4, -0.2) is 24.9 Å². The maximum atomic E-state index is 13.3. The third-order valence-corrected chi connectivity index (χ3v) is 5.29.